The lowest BCUT2D eigenvalue weighted by Gasteiger charge is -2.06. The molecule has 0 amide bonds. The van der Waals surface area contributed by atoms with Crippen molar-refractivity contribution in [1.82, 2.24) is 14.8 Å². The van der Waals surface area contributed by atoms with Crippen LogP contribution in [0.25, 0.3) is 11.3 Å². The van der Waals surface area contributed by atoms with Gasteiger partial charge < -0.3 is 0 Å². The molecule has 0 aliphatic heterocycles. The fourth-order valence-electron chi connectivity index (χ4n) is 1.61. The molecule has 82 valence electrons. The topological polar surface area (TPSA) is 30.7 Å². The van der Waals surface area contributed by atoms with E-state index in [1.165, 1.54) is 0 Å². The van der Waals surface area contributed by atoms with Gasteiger partial charge in [0, 0.05) is 18.6 Å². The molecule has 0 saturated carbocycles. The Morgan fingerprint density at radius 2 is 2.31 bits per heavy atom. The van der Waals surface area contributed by atoms with Crippen LogP contribution in [0.5, 0.6) is 0 Å². The highest BCUT2D eigenvalue weighted by atomic mass is 15.3. The van der Waals surface area contributed by atoms with Crippen LogP contribution >= 0.6 is 0 Å². The van der Waals surface area contributed by atoms with Gasteiger partial charge in [-0.1, -0.05) is 19.9 Å². The molecule has 0 aromatic carbocycles. The van der Waals surface area contributed by atoms with E-state index in [0.717, 1.165) is 29.7 Å². The van der Waals surface area contributed by atoms with E-state index in [-0.39, 0.29) is 0 Å². The van der Waals surface area contributed by atoms with Gasteiger partial charge in [0.15, 0.2) is 0 Å². The maximum atomic E-state index is 4.22. The molecule has 0 unspecified atom stereocenters. The van der Waals surface area contributed by atoms with Crippen molar-refractivity contribution < 1.29 is 0 Å². The lowest BCUT2D eigenvalue weighted by molar-refractivity contribution is 0.872. The lowest BCUT2D eigenvalue weighted by Crippen LogP contribution is -1.96. The molecule has 0 atom stereocenters. The molecule has 0 aliphatic carbocycles. The molecule has 16 heavy (non-hydrogen) atoms. The Balaban J connectivity index is 2.30. The zero-order valence-electron chi connectivity index (χ0n) is 9.43. The van der Waals surface area contributed by atoms with Crippen LogP contribution in [0.1, 0.15) is 25.3 Å². The minimum atomic E-state index is 0.972. The minimum absolute atomic E-state index is 0.972. The van der Waals surface area contributed by atoms with E-state index in [9.17, 15) is 0 Å². The van der Waals surface area contributed by atoms with Crippen molar-refractivity contribution >= 4 is 5.57 Å². The van der Waals surface area contributed by atoms with Gasteiger partial charge >= 0.3 is 0 Å². The fraction of sp³-hybridized carbons (Fsp3) is 0.231. The third-order valence-corrected chi connectivity index (χ3v) is 2.45. The third kappa shape index (κ3) is 2.19. The van der Waals surface area contributed by atoms with Crippen molar-refractivity contribution in [1.29, 1.82) is 0 Å². The van der Waals surface area contributed by atoms with Crippen LogP contribution < -0.4 is 0 Å². The predicted octanol–water partition coefficient (Wildman–Crippen LogP) is 3.08. The Labute approximate surface area is 95.5 Å². The molecule has 0 spiro atoms. The van der Waals surface area contributed by atoms with Crippen molar-refractivity contribution in [3.05, 3.63) is 49.1 Å². The molecular formula is C13H15N3. The van der Waals surface area contributed by atoms with Gasteiger partial charge in [-0.05, 0) is 29.7 Å². The zero-order chi connectivity index (χ0) is 11.4. The van der Waals surface area contributed by atoms with Crippen LogP contribution in [-0.4, -0.2) is 14.8 Å². The van der Waals surface area contributed by atoms with Crippen LogP contribution in [0.3, 0.4) is 0 Å². The summed E-state index contributed by atoms with van der Waals surface area (Å²) in [6.07, 6.45) is 9.42. The monoisotopic (exact) mass is 213 g/mol. The predicted molar refractivity (Wildman–Crippen MR) is 65.3 cm³/mol. The highest BCUT2D eigenvalue weighted by molar-refractivity contribution is 5.64. The highest BCUT2D eigenvalue weighted by Crippen LogP contribution is 2.18. The molecule has 2 aromatic heterocycles. The second-order valence-electron chi connectivity index (χ2n) is 3.74. The first-order chi connectivity index (χ1) is 7.81. The molecule has 0 bridgehead atoms. The number of allylic oxidation sites excluding steroid dienone is 1. The average Bonchev–Trinajstić information content (AvgIpc) is 2.83. The molecular weight excluding hydrogens is 198 g/mol. The van der Waals surface area contributed by atoms with Crippen molar-refractivity contribution in [3.8, 4) is 5.69 Å². The number of rotatable bonds is 4. The van der Waals surface area contributed by atoms with Gasteiger partial charge in [-0.2, -0.15) is 5.10 Å². The SMILES string of the molecule is C=C(CCC)c1cncc(-n2cccn2)c1. The minimum Gasteiger partial charge on any atom is -0.262 e. The number of aromatic nitrogens is 3. The van der Waals surface area contributed by atoms with Gasteiger partial charge in [-0.3, -0.25) is 4.98 Å². The maximum absolute atomic E-state index is 4.22. The van der Waals surface area contributed by atoms with Crippen molar-refractivity contribution in [2.75, 3.05) is 0 Å². The molecule has 0 aliphatic rings. The summed E-state index contributed by atoms with van der Waals surface area (Å²) < 4.78 is 1.80. The molecule has 2 aromatic rings. The fourth-order valence-corrected chi connectivity index (χ4v) is 1.61. The number of pyridine rings is 1. The average molecular weight is 213 g/mol. The van der Waals surface area contributed by atoms with Crippen LogP contribution in [0, 0.1) is 0 Å². The Morgan fingerprint density at radius 1 is 1.44 bits per heavy atom. The quantitative estimate of drug-likeness (QED) is 0.781. The second kappa shape index (κ2) is 4.75. The first kappa shape index (κ1) is 10.6. The number of nitrogens with zero attached hydrogens (tertiary/aromatic N) is 3. The van der Waals surface area contributed by atoms with E-state index in [0.29, 0.717) is 0 Å². The summed E-state index contributed by atoms with van der Waals surface area (Å²) in [4.78, 5) is 4.22. The van der Waals surface area contributed by atoms with Crippen LogP contribution in [0.2, 0.25) is 0 Å². The molecule has 0 fully saturated rings. The molecule has 3 nitrogen and oxygen atoms in total. The molecule has 0 N–H and O–H groups in total. The molecule has 3 heteroatoms. The van der Waals surface area contributed by atoms with E-state index >= 15 is 0 Å². The first-order valence-electron chi connectivity index (χ1n) is 5.44. The Kier molecular flexibility index (Phi) is 3.15. The van der Waals surface area contributed by atoms with E-state index < -0.39 is 0 Å². The maximum Gasteiger partial charge on any atom is 0.0834 e. The first-order valence-corrected chi connectivity index (χ1v) is 5.44. The highest BCUT2D eigenvalue weighted by Gasteiger charge is 2.02. The summed E-state index contributed by atoms with van der Waals surface area (Å²) in [5.74, 6) is 0. The molecule has 2 heterocycles. The Bertz CT molecular complexity index is 472. The van der Waals surface area contributed by atoms with Crippen molar-refractivity contribution in [2.24, 2.45) is 0 Å². The van der Waals surface area contributed by atoms with Gasteiger partial charge in [0.1, 0.15) is 0 Å². The Hall–Kier alpha value is -1.90. The largest absolute Gasteiger partial charge is 0.262 e. The van der Waals surface area contributed by atoms with E-state index in [1.54, 1.807) is 17.1 Å². The van der Waals surface area contributed by atoms with Crippen molar-refractivity contribution in [3.63, 3.8) is 0 Å². The van der Waals surface area contributed by atoms with E-state index in [2.05, 4.69) is 29.7 Å². The van der Waals surface area contributed by atoms with Crippen LogP contribution in [0.4, 0.5) is 0 Å². The number of hydrogen-bond donors (Lipinski definition) is 0. The van der Waals surface area contributed by atoms with Gasteiger partial charge in [-0.25, -0.2) is 4.68 Å². The van der Waals surface area contributed by atoms with Crippen molar-refractivity contribution in [2.45, 2.75) is 19.8 Å². The molecule has 2 rings (SSSR count). The van der Waals surface area contributed by atoms with E-state index in [4.69, 9.17) is 0 Å². The van der Waals surface area contributed by atoms with Crippen LogP contribution in [-0.2, 0) is 0 Å². The number of hydrogen-bond acceptors (Lipinski definition) is 2. The summed E-state index contributed by atoms with van der Waals surface area (Å²) in [7, 11) is 0. The zero-order valence-corrected chi connectivity index (χ0v) is 9.43. The normalized spacial score (nSPS) is 10.3. The Morgan fingerprint density at radius 3 is 3.00 bits per heavy atom. The van der Waals surface area contributed by atoms with Gasteiger partial charge in [0.25, 0.3) is 0 Å². The van der Waals surface area contributed by atoms with Crippen LogP contribution in [0.15, 0.2) is 43.5 Å². The second-order valence-corrected chi connectivity index (χ2v) is 3.74. The smallest absolute Gasteiger partial charge is 0.0834 e. The summed E-state index contributed by atoms with van der Waals surface area (Å²) in [5.41, 5.74) is 3.19. The molecule has 0 radical (unpaired) electrons. The summed E-state index contributed by atoms with van der Waals surface area (Å²) >= 11 is 0. The van der Waals surface area contributed by atoms with Gasteiger partial charge in [0.05, 0.1) is 11.9 Å². The summed E-state index contributed by atoms with van der Waals surface area (Å²) in [6.45, 7) is 6.22. The summed E-state index contributed by atoms with van der Waals surface area (Å²) in [6, 6.07) is 3.96. The third-order valence-electron chi connectivity index (χ3n) is 2.45. The molecule has 0 saturated heterocycles. The summed E-state index contributed by atoms with van der Waals surface area (Å²) in [5, 5.41) is 4.18. The van der Waals surface area contributed by atoms with Gasteiger partial charge in [-0.15, -0.1) is 0 Å². The standard InChI is InChI=1S/C13H15N3/c1-3-5-11(2)12-8-13(10-14-9-12)16-7-4-6-15-16/h4,6-10H,2-3,5H2,1H3. The lowest BCUT2D eigenvalue weighted by atomic mass is 10.1. The van der Waals surface area contributed by atoms with Gasteiger partial charge in [0.2, 0.25) is 0 Å². The van der Waals surface area contributed by atoms with E-state index in [1.807, 2.05) is 18.5 Å².